The summed E-state index contributed by atoms with van der Waals surface area (Å²) in [6.07, 6.45) is 3.06. The van der Waals surface area contributed by atoms with E-state index in [2.05, 4.69) is 0 Å². The zero-order chi connectivity index (χ0) is 19.0. The van der Waals surface area contributed by atoms with Gasteiger partial charge in [0, 0.05) is 11.6 Å². The second kappa shape index (κ2) is 6.61. The van der Waals surface area contributed by atoms with E-state index < -0.39 is 5.97 Å². The molecule has 0 unspecified atom stereocenters. The van der Waals surface area contributed by atoms with Crippen LogP contribution in [-0.2, 0) is 0 Å². The maximum absolute atomic E-state index is 12.5. The fourth-order valence-electron chi connectivity index (χ4n) is 2.91. The average molecular weight is 360 g/mol. The summed E-state index contributed by atoms with van der Waals surface area (Å²) in [5.41, 5.74) is 2.45. The highest BCUT2D eigenvalue weighted by Gasteiger charge is 2.30. The molecule has 0 saturated carbocycles. The summed E-state index contributed by atoms with van der Waals surface area (Å²) in [6, 6.07) is 13.8. The molecule has 1 aromatic heterocycles. The SMILES string of the molecule is Cc1cccc(C(=O)Oc2ccc3c(c2C)O/C(=C\c2ccco2)C3=O)c1. The maximum atomic E-state index is 12.5. The molecule has 5 heteroatoms. The van der Waals surface area contributed by atoms with Crippen molar-refractivity contribution in [2.45, 2.75) is 13.8 Å². The van der Waals surface area contributed by atoms with Crippen molar-refractivity contribution in [1.82, 2.24) is 0 Å². The zero-order valence-corrected chi connectivity index (χ0v) is 14.8. The van der Waals surface area contributed by atoms with Crippen molar-refractivity contribution in [1.29, 1.82) is 0 Å². The average Bonchev–Trinajstić information content (AvgIpc) is 3.27. The molecule has 2 heterocycles. The Morgan fingerprint density at radius 3 is 2.67 bits per heavy atom. The second-order valence-corrected chi connectivity index (χ2v) is 6.28. The van der Waals surface area contributed by atoms with Crippen LogP contribution in [-0.4, -0.2) is 11.8 Å². The second-order valence-electron chi connectivity index (χ2n) is 6.28. The predicted octanol–water partition coefficient (Wildman–Crippen LogP) is 4.73. The van der Waals surface area contributed by atoms with Crippen molar-refractivity contribution in [2.24, 2.45) is 0 Å². The van der Waals surface area contributed by atoms with Crippen LogP contribution in [0.2, 0.25) is 0 Å². The number of fused-ring (bicyclic) bond motifs is 1. The number of hydrogen-bond donors (Lipinski definition) is 0. The third kappa shape index (κ3) is 3.15. The number of hydrogen-bond acceptors (Lipinski definition) is 5. The van der Waals surface area contributed by atoms with Gasteiger partial charge in [-0.05, 0) is 50.2 Å². The van der Waals surface area contributed by atoms with Crippen LogP contribution in [0.1, 0.15) is 37.6 Å². The maximum Gasteiger partial charge on any atom is 0.343 e. The topological polar surface area (TPSA) is 65.7 Å². The highest BCUT2D eigenvalue weighted by molar-refractivity contribution is 6.14. The summed E-state index contributed by atoms with van der Waals surface area (Å²) < 4.78 is 16.5. The first-order valence-corrected chi connectivity index (χ1v) is 8.43. The van der Waals surface area contributed by atoms with E-state index in [1.54, 1.807) is 55.5 Å². The van der Waals surface area contributed by atoms with Gasteiger partial charge in [-0.3, -0.25) is 4.79 Å². The monoisotopic (exact) mass is 360 g/mol. The lowest BCUT2D eigenvalue weighted by Crippen LogP contribution is -2.09. The number of esters is 1. The molecule has 5 nitrogen and oxygen atoms in total. The number of benzene rings is 2. The minimum absolute atomic E-state index is 0.171. The van der Waals surface area contributed by atoms with Crippen LogP contribution >= 0.6 is 0 Å². The molecule has 0 amide bonds. The summed E-state index contributed by atoms with van der Waals surface area (Å²) in [7, 11) is 0. The Morgan fingerprint density at radius 2 is 1.93 bits per heavy atom. The Bertz CT molecular complexity index is 1070. The molecular formula is C22H16O5. The first kappa shape index (κ1) is 16.8. The normalized spacial score (nSPS) is 14.1. The molecular weight excluding hydrogens is 344 g/mol. The summed E-state index contributed by atoms with van der Waals surface area (Å²) in [4.78, 5) is 24.9. The number of ether oxygens (including phenoxy) is 2. The summed E-state index contributed by atoms with van der Waals surface area (Å²) in [5, 5.41) is 0. The van der Waals surface area contributed by atoms with Crippen molar-refractivity contribution in [3.63, 3.8) is 0 Å². The summed E-state index contributed by atoms with van der Waals surface area (Å²) >= 11 is 0. The molecule has 1 aliphatic rings. The number of carbonyl (C=O) groups excluding carboxylic acids is 2. The van der Waals surface area contributed by atoms with Gasteiger partial charge in [0.15, 0.2) is 5.76 Å². The quantitative estimate of drug-likeness (QED) is 0.384. The van der Waals surface area contributed by atoms with Gasteiger partial charge >= 0.3 is 5.97 Å². The third-order valence-corrected chi connectivity index (χ3v) is 4.31. The highest BCUT2D eigenvalue weighted by atomic mass is 16.5. The van der Waals surface area contributed by atoms with Gasteiger partial charge in [-0.2, -0.15) is 0 Å². The van der Waals surface area contributed by atoms with E-state index in [0.717, 1.165) is 5.56 Å². The van der Waals surface area contributed by atoms with Crippen LogP contribution in [0.3, 0.4) is 0 Å². The lowest BCUT2D eigenvalue weighted by molar-refractivity contribution is 0.0733. The Kier molecular flexibility index (Phi) is 4.12. The molecule has 0 fully saturated rings. The standard InChI is InChI=1S/C22H16O5/c1-13-5-3-6-15(11-13)22(24)27-18-9-8-17-20(23)19(26-21(17)14(18)2)12-16-7-4-10-25-16/h3-12H,1-2H3/b19-12-. The first-order chi connectivity index (χ1) is 13.0. The van der Waals surface area contributed by atoms with Crippen molar-refractivity contribution in [3.05, 3.63) is 88.6 Å². The van der Waals surface area contributed by atoms with Gasteiger partial charge in [-0.15, -0.1) is 0 Å². The smallest absolute Gasteiger partial charge is 0.343 e. The van der Waals surface area contributed by atoms with E-state index in [9.17, 15) is 9.59 Å². The molecule has 0 saturated heterocycles. The molecule has 4 rings (SSSR count). The number of aryl methyl sites for hydroxylation is 1. The van der Waals surface area contributed by atoms with Crippen molar-refractivity contribution < 1.29 is 23.5 Å². The minimum Gasteiger partial charge on any atom is -0.465 e. The number of furan rings is 1. The lowest BCUT2D eigenvalue weighted by Gasteiger charge is -2.10. The molecule has 0 atom stereocenters. The zero-order valence-electron chi connectivity index (χ0n) is 14.8. The molecule has 0 spiro atoms. The number of rotatable bonds is 3. The fourth-order valence-corrected chi connectivity index (χ4v) is 2.91. The van der Waals surface area contributed by atoms with Crippen LogP contribution in [0.4, 0.5) is 0 Å². The van der Waals surface area contributed by atoms with Crippen LogP contribution in [0, 0.1) is 13.8 Å². The molecule has 3 aromatic rings. The summed E-state index contributed by atoms with van der Waals surface area (Å²) in [5.74, 6) is 0.748. The van der Waals surface area contributed by atoms with E-state index in [1.807, 2.05) is 13.0 Å². The highest BCUT2D eigenvalue weighted by Crippen LogP contribution is 2.39. The molecule has 1 aliphatic heterocycles. The van der Waals surface area contributed by atoms with Crippen LogP contribution < -0.4 is 9.47 Å². The fraction of sp³-hybridized carbons (Fsp3) is 0.0909. The van der Waals surface area contributed by atoms with Crippen molar-refractivity contribution >= 4 is 17.8 Å². The molecule has 0 N–H and O–H groups in total. The Balaban J connectivity index is 1.62. The number of carbonyl (C=O) groups is 2. The molecule has 0 radical (unpaired) electrons. The van der Waals surface area contributed by atoms with Crippen molar-refractivity contribution in [3.8, 4) is 11.5 Å². The Labute approximate surface area is 155 Å². The number of allylic oxidation sites excluding steroid dienone is 1. The molecule has 0 bridgehead atoms. The van der Waals surface area contributed by atoms with Gasteiger partial charge in [-0.25, -0.2) is 4.79 Å². The van der Waals surface area contributed by atoms with Crippen molar-refractivity contribution in [2.75, 3.05) is 0 Å². The Hall–Kier alpha value is -3.60. The van der Waals surface area contributed by atoms with E-state index in [4.69, 9.17) is 13.9 Å². The van der Waals surface area contributed by atoms with E-state index in [-0.39, 0.29) is 11.5 Å². The van der Waals surface area contributed by atoms with E-state index >= 15 is 0 Å². The molecule has 2 aromatic carbocycles. The molecule has 0 aliphatic carbocycles. The largest absolute Gasteiger partial charge is 0.465 e. The number of ketones is 1. The third-order valence-electron chi connectivity index (χ3n) is 4.31. The van der Waals surface area contributed by atoms with Crippen LogP contribution in [0.25, 0.3) is 6.08 Å². The van der Waals surface area contributed by atoms with Crippen LogP contribution in [0.5, 0.6) is 11.5 Å². The van der Waals surface area contributed by atoms with Crippen LogP contribution in [0.15, 0.2) is 65.0 Å². The molecule has 27 heavy (non-hydrogen) atoms. The summed E-state index contributed by atoms with van der Waals surface area (Å²) in [6.45, 7) is 3.66. The van der Waals surface area contributed by atoms with Gasteiger partial charge in [-0.1, -0.05) is 17.7 Å². The van der Waals surface area contributed by atoms with Gasteiger partial charge in [0.25, 0.3) is 0 Å². The Morgan fingerprint density at radius 1 is 1.07 bits per heavy atom. The van der Waals surface area contributed by atoms with Gasteiger partial charge in [0.2, 0.25) is 5.78 Å². The minimum atomic E-state index is -0.461. The van der Waals surface area contributed by atoms with E-state index in [0.29, 0.717) is 33.9 Å². The lowest BCUT2D eigenvalue weighted by atomic mass is 10.1. The molecule has 134 valence electrons. The predicted molar refractivity (Wildman–Crippen MR) is 99.0 cm³/mol. The van der Waals surface area contributed by atoms with Gasteiger partial charge in [0.1, 0.15) is 17.3 Å². The first-order valence-electron chi connectivity index (χ1n) is 8.43. The number of Topliss-reactive ketones (excluding diaryl/α,β-unsaturated/α-hetero) is 1. The van der Waals surface area contributed by atoms with E-state index in [1.165, 1.54) is 6.26 Å². The van der Waals surface area contributed by atoms with Gasteiger partial charge in [0.05, 0.1) is 17.4 Å². The van der Waals surface area contributed by atoms with Gasteiger partial charge < -0.3 is 13.9 Å².